The molecule has 0 N–H and O–H groups in total. The van der Waals surface area contributed by atoms with Gasteiger partial charge in [0, 0.05) is 12.6 Å². The van der Waals surface area contributed by atoms with Crippen molar-refractivity contribution in [2.24, 2.45) is 0 Å². The van der Waals surface area contributed by atoms with Gasteiger partial charge in [0.15, 0.2) is 0 Å². The van der Waals surface area contributed by atoms with E-state index in [-0.39, 0.29) is 21.5 Å². The van der Waals surface area contributed by atoms with Gasteiger partial charge in [-0.25, -0.2) is 8.42 Å². The lowest BCUT2D eigenvalue weighted by atomic mass is 10.2. The highest BCUT2D eigenvalue weighted by molar-refractivity contribution is 7.89. The number of halogens is 1. The van der Waals surface area contributed by atoms with Crippen LogP contribution in [0.25, 0.3) is 0 Å². The molecule has 0 aliphatic rings. The summed E-state index contributed by atoms with van der Waals surface area (Å²) in [6.45, 7) is 5.71. The number of nitriles is 1. The molecule has 0 aromatic heterocycles. The van der Waals surface area contributed by atoms with Gasteiger partial charge >= 0.3 is 0 Å². The van der Waals surface area contributed by atoms with Crippen molar-refractivity contribution >= 4 is 21.6 Å². The summed E-state index contributed by atoms with van der Waals surface area (Å²) in [6.07, 6.45) is 0. The van der Waals surface area contributed by atoms with Gasteiger partial charge in [-0.2, -0.15) is 9.57 Å². The average molecular weight is 287 g/mol. The molecular weight excluding hydrogens is 272 g/mol. The van der Waals surface area contributed by atoms with Crippen LogP contribution in [0.5, 0.6) is 0 Å². The van der Waals surface area contributed by atoms with Crippen LogP contribution in [-0.2, 0) is 10.0 Å². The lowest BCUT2D eigenvalue weighted by molar-refractivity contribution is 0.369. The molecule has 1 rings (SSSR count). The fourth-order valence-corrected chi connectivity index (χ4v) is 3.86. The lowest BCUT2D eigenvalue weighted by Crippen LogP contribution is -2.36. The van der Waals surface area contributed by atoms with Crippen molar-refractivity contribution in [3.63, 3.8) is 0 Å². The fourth-order valence-electron chi connectivity index (χ4n) is 1.71. The van der Waals surface area contributed by atoms with E-state index in [1.165, 1.54) is 22.5 Å². The number of rotatable bonds is 4. The van der Waals surface area contributed by atoms with Crippen molar-refractivity contribution in [1.29, 1.82) is 5.26 Å². The second kappa shape index (κ2) is 5.70. The molecule has 0 radical (unpaired) electrons. The third-order valence-corrected chi connectivity index (χ3v) is 5.17. The van der Waals surface area contributed by atoms with Crippen LogP contribution in [-0.4, -0.2) is 25.3 Å². The van der Waals surface area contributed by atoms with E-state index in [0.717, 1.165) is 0 Å². The summed E-state index contributed by atoms with van der Waals surface area (Å²) in [7, 11) is -3.66. The maximum atomic E-state index is 12.4. The van der Waals surface area contributed by atoms with Crippen LogP contribution in [0.3, 0.4) is 0 Å². The van der Waals surface area contributed by atoms with Crippen LogP contribution in [0.2, 0.25) is 5.02 Å². The minimum Gasteiger partial charge on any atom is -0.207 e. The van der Waals surface area contributed by atoms with Gasteiger partial charge in [-0.15, -0.1) is 0 Å². The van der Waals surface area contributed by atoms with Gasteiger partial charge in [-0.3, -0.25) is 0 Å². The SMILES string of the molecule is CCN(C(C)C)S(=O)(=O)c1cc(C#N)ccc1Cl. The van der Waals surface area contributed by atoms with E-state index in [2.05, 4.69) is 0 Å². The van der Waals surface area contributed by atoms with Crippen molar-refractivity contribution in [2.45, 2.75) is 31.7 Å². The summed E-state index contributed by atoms with van der Waals surface area (Å²) in [4.78, 5) is -0.0150. The Kier molecular flexibility index (Phi) is 4.74. The number of hydrogen-bond acceptors (Lipinski definition) is 3. The second-order valence-electron chi connectivity index (χ2n) is 4.06. The van der Waals surface area contributed by atoms with Crippen LogP contribution >= 0.6 is 11.6 Å². The Balaban J connectivity index is 3.41. The zero-order valence-electron chi connectivity index (χ0n) is 10.5. The molecule has 0 saturated heterocycles. The van der Waals surface area contributed by atoms with E-state index < -0.39 is 10.0 Å². The number of nitrogens with zero attached hydrogens (tertiary/aromatic N) is 2. The second-order valence-corrected chi connectivity index (χ2v) is 6.33. The summed E-state index contributed by atoms with van der Waals surface area (Å²) in [5.74, 6) is 0. The van der Waals surface area contributed by atoms with E-state index in [9.17, 15) is 8.42 Å². The van der Waals surface area contributed by atoms with Gasteiger partial charge in [-0.05, 0) is 32.0 Å². The maximum Gasteiger partial charge on any atom is 0.244 e. The maximum absolute atomic E-state index is 12.4. The van der Waals surface area contributed by atoms with Crippen LogP contribution in [0.15, 0.2) is 23.1 Å². The van der Waals surface area contributed by atoms with Gasteiger partial charge in [0.2, 0.25) is 10.0 Å². The molecule has 0 aliphatic heterocycles. The van der Waals surface area contributed by atoms with Gasteiger partial charge in [0.05, 0.1) is 16.7 Å². The van der Waals surface area contributed by atoms with Crippen molar-refractivity contribution < 1.29 is 8.42 Å². The normalized spacial score (nSPS) is 11.8. The molecular formula is C12H15ClN2O2S. The number of hydrogen-bond donors (Lipinski definition) is 0. The van der Waals surface area contributed by atoms with Gasteiger partial charge in [-0.1, -0.05) is 18.5 Å². The third kappa shape index (κ3) is 2.83. The van der Waals surface area contributed by atoms with Crippen molar-refractivity contribution in [3.05, 3.63) is 28.8 Å². The average Bonchev–Trinajstić information content (AvgIpc) is 2.29. The molecule has 1 aromatic carbocycles. The van der Waals surface area contributed by atoms with E-state index in [1.807, 2.05) is 6.07 Å². The van der Waals surface area contributed by atoms with Gasteiger partial charge in [0.1, 0.15) is 4.90 Å². The summed E-state index contributed by atoms with van der Waals surface area (Å²) in [6, 6.07) is 5.98. The molecule has 98 valence electrons. The molecule has 0 saturated carbocycles. The third-order valence-electron chi connectivity index (χ3n) is 2.53. The predicted octanol–water partition coefficient (Wildman–Crippen LogP) is 2.63. The molecule has 0 unspecified atom stereocenters. The Hall–Kier alpha value is -1.09. The van der Waals surface area contributed by atoms with Gasteiger partial charge < -0.3 is 0 Å². The van der Waals surface area contributed by atoms with Crippen molar-refractivity contribution in [1.82, 2.24) is 4.31 Å². The molecule has 6 heteroatoms. The monoisotopic (exact) mass is 286 g/mol. The van der Waals surface area contributed by atoms with Crippen LogP contribution in [0.4, 0.5) is 0 Å². The predicted molar refractivity (Wildman–Crippen MR) is 70.9 cm³/mol. The Morgan fingerprint density at radius 2 is 2.06 bits per heavy atom. The lowest BCUT2D eigenvalue weighted by Gasteiger charge is -2.24. The quantitative estimate of drug-likeness (QED) is 0.855. The largest absolute Gasteiger partial charge is 0.244 e. The highest BCUT2D eigenvalue weighted by Gasteiger charge is 2.27. The highest BCUT2D eigenvalue weighted by atomic mass is 35.5. The van der Waals surface area contributed by atoms with Crippen molar-refractivity contribution in [3.8, 4) is 6.07 Å². The smallest absolute Gasteiger partial charge is 0.207 e. The Bertz CT molecular complexity index is 576. The summed E-state index contributed by atoms with van der Waals surface area (Å²) in [5, 5.41) is 8.95. The first kappa shape index (κ1) is 15.0. The first-order chi connectivity index (χ1) is 8.34. The molecule has 0 fully saturated rings. The Morgan fingerprint density at radius 3 is 2.50 bits per heavy atom. The zero-order chi connectivity index (χ0) is 13.9. The van der Waals surface area contributed by atoms with Crippen LogP contribution in [0, 0.1) is 11.3 Å². The minimum absolute atomic E-state index is 0.0150. The Morgan fingerprint density at radius 1 is 1.44 bits per heavy atom. The van der Waals surface area contributed by atoms with E-state index in [1.54, 1.807) is 20.8 Å². The minimum atomic E-state index is -3.66. The van der Waals surface area contributed by atoms with E-state index in [4.69, 9.17) is 16.9 Å². The molecule has 0 amide bonds. The molecule has 18 heavy (non-hydrogen) atoms. The molecule has 0 heterocycles. The molecule has 4 nitrogen and oxygen atoms in total. The zero-order valence-corrected chi connectivity index (χ0v) is 12.1. The number of benzene rings is 1. The topological polar surface area (TPSA) is 61.2 Å². The fraction of sp³-hybridized carbons (Fsp3) is 0.417. The molecule has 0 spiro atoms. The van der Waals surface area contributed by atoms with Crippen LogP contribution < -0.4 is 0 Å². The van der Waals surface area contributed by atoms with E-state index >= 15 is 0 Å². The van der Waals surface area contributed by atoms with Crippen LogP contribution in [0.1, 0.15) is 26.3 Å². The first-order valence-electron chi connectivity index (χ1n) is 5.56. The Labute approximate surface area is 113 Å². The summed E-state index contributed by atoms with van der Waals surface area (Å²) in [5.41, 5.74) is 0.276. The molecule has 0 bridgehead atoms. The van der Waals surface area contributed by atoms with Gasteiger partial charge in [0.25, 0.3) is 0 Å². The molecule has 0 aliphatic carbocycles. The molecule has 0 atom stereocenters. The van der Waals surface area contributed by atoms with E-state index in [0.29, 0.717) is 6.54 Å². The highest BCUT2D eigenvalue weighted by Crippen LogP contribution is 2.26. The standard InChI is InChI=1S/C12H15ClN2O2S/c1-4-15(9(2)3)18(16,17)12-7-10(8-14)5-6-11(12)13/h5-7,9H,4H2,1-3H3. The first-order valence-corrected chi connectivity index (χ1v) is 7.37. The summed E-state index contributed by atoms with van der Waals surface area (Å²) >= 11 is 5.93. The van der Waals surface area contributed by atoms with Crippen molar-refractivity contribution in [2.75, 3.05) is 6.54 Å². The number of sulfonamides is 1. The molecule has 1 aromatic rings. The summed E-state index contributed by atoms with van der Waals surface area (Å²) < 4.78 is 26.2.